The van der Waals surface area contributed by atoms with Gasteiger partial charge in [-0.2, -0.15) is 0 Å². The topological polar surface area (TPSA) is 30.0 Å². The van der Waals surface area contributed by atoms with E-state index in [0.29, 0.717) is 11.1 Å². The van der Waals surface area contributed by atoms with Crippen molar-refractivity contribution in [1.82, 2.24) is 4.98 Å². The molecule has 82 valence electrons. The summed E-state index contributed by atoms with van der Waals surface area (Å²) in [5, 5.41) is 0.873. The van der Waals surface area contributed by atoms with Crippen LogP contribution in [0.3, 0.4) is 0 Å². The second-order valence-electron chi connectivity index (χ2n) is 3.90. The number of aromatic nitrogens is 1. The molecule has 0 N–H and O–H groups in total. The van der Waals surface area contributed by atoms with Crippen molar-refractivity contribution >= 4 is 40.6 Å². The van der Waals surface area contributed by atoms with Crippen molar-refractivity contribution in [2.75, 3.05) is 6.66 Å². The van der Waals surface area contributed by atoms with Crippen molar-refractivity contribution in [3.8, 4) is 0 Å². The first-order valence-electron chi connectivity index (χ1n) is 5.17. The molecule has 17 heavy (non-hydrogen) atoms. The van der Waals surface area contributed by atoms with Crippen LogP contribution in [0, 0.1) is 6.92 Å². The molecule has 0 fully saturated rings. The molecule has 0 saturated heterocycles. The molecule has 0 aliphatic heterocycles. The number of benzene rings is 1. The number of hydrogen-bond acceptors (Lipinski definition) is 2. The van der Waals surface area contributed by atoms with Crippen molar-refractivity contribution in [2.24, 2.45) is 0 Å². The molecule has 1 heterocycles. The molecule has 0 bridgehead atoms. The molecule has 1 aromatic carbocycles. The van der Waals surface area contributed by atoms with Gasteiger partial charge in [0.1, 0.15) is 0 Å². The SMILES string of the molecule is [CH]c1cccc(P(C)(=O)c2cccc[c]2[Ga])n1. The van der Waals surface area contributed by atoms with Gasteiger partial charge in [-0.15, -0.1) is 0 Å². The molecule has 2 rings (SSSR count). The van der Waals surface area contributed by atoms with E-state index in [-0.39, 0.29) is 0 Å². The second-order valence-corrected chi connectivity index (χ2v) is 8.00. The zero-order valence-electron chi connectivity index (χ0n) is 9.50. The predicted molar refractivity (Wildman–Crippen MR) is 72.3 cm³/mol. The van der Waals surface area contributed by atoms with Gasteiger partial charge in [-0.05, 0) is 0 Å². The molecular formula is C13H11GaNOP. The summed E-state index contributed by atoms with van der Waals surface area (Å²) < 4.78 is 14.0. The number of hydrogen-bond donors (Lipinski definition) is 0. The summed E-state index contributed by atoms with van der Waals surface area (Å²) in [7, 11) is -2.64. The zero-order valence-corrected chi connectivity index (χ0v) is 12.8. The van der Waals surface area contributed by atoms with E-state index in [1.54, 1.807) is 24.9 Å². The van der Waals surface area contributed by atoms with Gasteiger partial charge in [0.2, 0.25) is 0 Å². The maximum absolute atomic E-state index is 12.9. The van der Waals surface area contributed by atoms with Gasteiger partial charge in [-0.25, -0.2) is 0 Å². The van der Waals surface area contributed by atoms with Crippen molar-refractivity contribution in [1.29, 1.82) is 0 Å². The average molecular weight is 298 g/mol. The first kappa shape index (κ1) is 12.7. The third kappa shape index (κ3) is 2.57. The molecule has 1 unspecified atom stereocenters. The van der Waals surface area contributed by atoms with Crippen LogP contribution >= 0.6 is 7.14 Å². The molecule has 0 amide bonds. The minimum absolute atomic E-state index is 0.406. The molecule has 4 heteroatoms. The van der Waals surface area contributed by atoms with Crippen LogP contribution < -0.4 is 14.9 Å². The molecule has 0 aliphatic rings. The fraction of sp³-hybridized carbons (Fsp3) is 0.0769. The molecule has 1 atom stereocenters. The fourth-order valence-electron chi connectivity index (χ4n) is 1.68. The first-order chi connectivity index (χ1) is 8.01. The quantitative estimate of drug-likeness (QED) is 0.608. The Bertz CT molecular complexity index is 597. The van der Waals surface area contributed by atoms with Crippen molar-refractivity contribution in [3.05, 3.63) is 55.1 Å². The van der Waals surface area contributed by atoms with Crippen LogP contribution in [-0.2, 0) is 4.57 Å². The summed E-state index contributed by atoms with van der Waals surface area (Å²) in [6.07, 6.45) is 0. The van der Waals surface area contributed by atoms with Crippen LogP contribution in [0.5, 0.6) is 0 Å². The number of nitrogens with zero attached hydrogens (tertiary/aromatic N) is 1. The van der Waals surface area contributed by atoms with Crippen LogP contribution in [0.25, 0.3) is 0 Å². The van der Waals surface area contributed by atoms with Gasteiger partial charge in [0, 0.05) is 0 Å². The number of pyridine rings is 1. The second kappa shape index (κ2) is 4.85. The Morgan fingerprint density at radius 2 is 1.88 bits per heavy atom. The standard InChI is InChI=1S/C13H11NOP.Ga/c1-11-7-6-10-13(14-11)16(2,15)12-8-4-3-5-9-12;/h1,3-8,10H,2H3;. The summed E-state index contributed by atoms with van der Waals surface area (Å²) in [5.74, 6) is 0. The summed E-state index contributed by atoms with van der Waals surface area (Å²) in [6, 6.07) is 13.0. The maximum atomic E-state index is 12.9. The van der Waals surface area contributed by atoms with Crippen LogP contribution in [0.1, 0.15) is 5.69 Å². The fourth-order valence-corrected chi connectivity index (χ4v) is 5.52. The summed E-state index contributed by atoms with van der Waals surface area (Å²) >= 11 is 1.47. The van der Waals surface area contributed by atoms with Gasteiger partial charge in [-0.3, -0.25) is 0 Å². The Labute approximate surface area is 112 Å². The first-order valence-corrected chi connectivity index (χ1v) is 8.54. The molecule has 1 aromatic heterocycles. The van der Waals surface area contributed by atoms with Crippen molar-refractivity contribution in [2.45, 2.75) is 0 Å². The monoisotopic (exact) mass is 297 g/mol. The molecule has 2 nitrogen and oxygen atoms in total. The third-order valence-corrected chi connectivity index (χ3v) is 6.61. The van der Waals surface area contributed by atoms with Crippen LogP contribution in [-0.4, -0.2) is 30.2 Å². The van der Waals surface area contributed by atoms with E-state index in [1.807, 2.05) is 24.3 Å². The van der Waals surface area contributed by atoms with E-state index in [2.05, 4.69) is 4.98 Å². The van der Waals surface area contributed by atoms with Gasteiger partial charge >= 0.3 is 112 Å². The molecular weight excluding hydrogens is 287 g/mol. The summed E-state index contributed by atoms with van der Waals surface area (Å²) in [4.78, 5) is 4.18. The van der Waals surface area contributed by atoms with E-state index < -0.39 is 7.14 Å². The molecule has 4 radical (unpaired) electrons. The normalized spacial score (nSPS) is 14.2. The molecule has 0 aliphatic carbocycles. The van der Waals surface area contributed by atoms with Gasteiger partial charge in [0.15, 0.2) is 0 Å². The van der Waals surface area contributed by atoms with Gasteiger partial charge in [-0.1, -0.05) is 0 Å². The van der Waals surface area contributed by atoms with E-state index in [1.165, 1.54) is 18.6 Å². The average Bonchev–Trinajstić information content (AvgIpc) is 2.29. The van der Waals surface area contributed by atoms with Crippen molar-refractivity contribution < 1.29 is 4.57 Å². The van der Waals surface area contributed by atoms with Crippen molar-refractivity contribution in [3.63, 3.8) is 0 Å². The Kier molecular flexibility index (Phi) is 3.62. The third-order valence-electron chi connectivity index (χ3n) is 2.59. The Morgan fingerprint density at radius 3 is 2.53 bits per heavy atom. The zero-order chi connectivity index (χ0) is 12.5. The molecule has 0 spiro atoms. The van der Waals surface area contributed by atoms with Crippen LogP contribution in [0.2, 0.25) is 0 Å². The Hall–Kier alpha value is -0.764. The van der Waals surface area contributed by atoms with E-state index in [4.69, 9.17) is 6.92 Å². The minimum atomic E-state index is -2.64. The van der Waals surface area contributed by atoms with E-state index >= 15 is 0 Å². The van der Waals surface area contributed by atoms with Gasteiger partial charge in [0.05, 0.1) is 0 Å². The predicted octanol–water partition coefficient (Wildman–Crippen LogP) is 0.878. The van der Waals surface area contributed by atoms with Crippen LogP contribution in [0.4, 0.5) is 0 Å². The molecule has 2 aromatic rings. The van der Waals surface area contributed by atoms with E-state index in [9.17, 15) is 4.57 Å². The van der Waals surface area contributed by atoms with Gasteiger partial charge in [0.25, 0.3) is 0 Å². The van der Waals surface area contributed by atoms with E-state index in [0.717, 1.165) is 9.42 Å². The Balaban J connectivity index is 2.58. The van der Waals surface area contributed by atoms with Crippen LogP contribution in [0.15, 0.2) is 42.5 Å². The number of rotatable bonds is 2. The molecule has 0 saturated carbocycles. The Morgan fingerprint density at radius 1 is 1.18 bits per heavy atom. The summed E-state index contributed by atoms with van der Waals surface area (Å²) in [5.41, 5.74) is 0.978. The van der Waals surface area contributed by atoms with Gasteiger partial charge < -0.3 is 0 Å². The summed E-state index contributed by atoms with van der Waals surface area (Å²) in [6.45, 7) is 7.39.